The van der Waals surface area contributed by atoms with E-state index in [0.717, 1.165) is 4.90 Å². The molecule has 2 rings (SSSR count). The monoisotopic (exact) mass is 286 g/mol. The first-order chi connectivity index (χ1) is 7.77. The van der Waals surface area contributed by atoms with Crippen LogP contribution in [0, 0.1) is 0 Å². The first kappa shape index (κ1) is 12.2. The van der Waals surface area contributed by atoms with Gasteiger partial charge in [0.25, 0.3) is 0 Å². The molecule has 0 nitrogen and oxygen atoms in total. The fourth-order valence-corrected chi connectivity index (χ4v) is 4.19. The average molecular weight is 287 g/mol. The summed E-state index contributed by atoms with van der Waals surface area (Å²) in [6.07, 6.45) is 0. The molecule has 2 aromatic carbocycles. The van der Waals surface area contributed by atoms with Crippen LogP contribution in [-0.2, 0) is 0 Å². The van der Waals surface area contributed by atoms with Crippen molar-refractivity contribution < 1.29 is 0 Å². The third-order valence-electron chi connectivity index (χ3n) is 1.88. The zero-order chi connectivity index (χ0) is 11.4. The Bertz CT molecular complexity index is 451. The molecule has 0 bridgehead atoms. The Morgan fingerprint density at radius 3 is 1.94 bits per heavy atom. The number of hydrogen-bond donors (Lipinski definition) is 0. The van der Waals surface area contributed by atoms with Gasteiger partial charge in [0.2, 0.25) is 0 Å². The van der Waals surface area contributed by atoms with Gasteiger partial charge in [0.05, 0.1) is 14.9 Å². The zero-order valence-corrected chi connectivity index (χ0v) is 11.3. The minimum Gasteiger partial charge on any atom is -0.0830 e. The highest BCUT2D eigenvalue weighted by Crippen LogP contribution is 2.43. The molecule has 0 aliphatic heterocycles. The molecule has 0 spiro atoms. The molecular formula is C12H8Cl2S2. The molecule has 0 fully saturated rings. The second-order valence-electron chi connectivity index (χ2n) is 3.03. The van der Waals surface area contributed by atoms with E-state index in [0.29, 0.717) is 10.0 Å². The van der Waals surface area contributed by atoms with Crippen molar-refractivity contribution in [3.05, 3.63) is 58.6 Å². The number of benzene rings is 2. The van der Waals surface area contributed by atoms with E-state index in [4.69, 9.17) is 23.2 Å². The smallest absolute Gasteiger partial charge is 0.0565 e. The summed E-state index contributed by atoms with van der Waals surface area (Å²) in [5, 5.41) is 1.39. The molecule has 2 aromatic rings. The molecule has 4 heteroatoms. The Morgan fingerprint density at radius 1 is 0.688 bits per heavy atom. The minimum absolute atomic E-state index is 0.695. The summed E-state index contributed by atoms with van der Waals surface area (Å²) in [5.41, 5.74) is 0. The lowest BCUT2D eigenvalue weighted by Crippen LogP contribution is -1.74. The molecule has 0 radical (unpaired) electrons. The summed E-state index contributed by atoms with van der Waals surface area (Å²) >= 11 is 12.2. The summed E-state index contributed by atoms with van der Waals surface area (Å²) in [5.74, 6) is 0. The van der Waals surface area contributed by atoms with Crippen LogP contribution < -0.4 is 0 Å². The SMILES string of the molecule is Clc1cccc(Cl)c1SSc1ccccc1. The molecule has 0 saturated carbocycles. The zero-order valence-electron chi connectivity index (χ0n) is 8.19. The van der Waals surface area contributed by atoms with Gasteiger partial charge in [0.1, 0.15) is 0 Å². The van der Waals surface area contributed by atoms with Crippen LogP contribution in [0.25, 0.3) is 0 Å². The first-order valence-electron chi connectivity index (χ1n) is 4.61. The molecule has 16 heavy (non-hydrogen) atoms. The summed E-state index contributed by atoms with van der Waals surface area (Å²) in [6, 6.07) is 15.7. The lowest BCUT2D eigenvalue weighted by Gasteiger charge is -2.05. The molecule has 0 aliphatic rings. The summed E-state index contributed by atoms with van der Waals surface area (Å²) < 4.78 is 0. The van der Waals surface area contributed by atoms with Gasteiger partial charge in [0.15, 0.2) is 0 Å². The topological polar surface area (TPSA) is 0 Å². The lowest BCUT2D eigenvalue weighted by molar-refractivity contribution is 1.46. The van der Waals surface area contributed by atoms with Gasteiger partial charge in [-0.15, -0.1) is 0 Å². The van der Waals surface area contributed by atoms with Crippen LogP contribution in [0.1, 0.15) is 0 Å². The highest BCUT2D eigenvalue weighted by atomic mass is 35.5. The van der Waals surface area contributed by atoms with Crippen LogP contribution >= 0.6 is 44.8 Å². The predicted octanol–water partition coefficient (Wildman–Crippen LogP) is 5.79. The van der Waals surface area contributed by atoms with E-state index >= 15 is 0 Å². The largest absolute Gasteiger partial charge is 0.0830 e. The van der Waals surface area contributed by atoms with E-state index in [2.05, 4.69) is 12.1 Å². The standard InChI is InChI=1S/C12H8Cl2S2/c13-10-7-4-8-11(14)12(10)16-15-9-5-2-1-3-6-9/h1-8H. The van der Waals surface area contributed by atoms with Crippen molar-refractivity contribution >= 4 is 44.8 Å². The fourth-order valence-electron chi connectivity index (χ4n) is 1.13. The van der Waals surface area contributed by atoms with Crippen LogP contribution in [0.3, 0.4) is 0 Å². The van der Waals surface area contributed by atoms with Gasteiger partial charge in [-0.25, -0.2) is 0 Å². The Labute approximate surface area is 113 Å². The van der Waals surface area contributed by atoms with Crippen molar-refractivity contribution in [3.63, 3.8) is 0 Å². The maximum Gasteiger partial charge on any atom is 0.0565 e. The van der Waals surface area contributed by atoms with Gasteiger partial charge in [0, 0.05) is 4.90 Å². The number of hydrogen-bond acceptors (Lipinski definition) is 2. The van der Waals surface area contributed by atoms with E-state index < -0.39 is 0 Å². The number of halogens is 2. The fraction of sp³-hybridized carbons (Fsp3) is 0. The lowest BCUT2D eigenvalue weighted by atomic mass is 10.4. The van der Waals surface area contributed by atoms with Gasteiger partial charge in [-0.05, 0) is 35.1 Å². The molecule has 0 amide bonds. The molecule has 0 aliphatic carbocycles. The Morgan fingerprint density at radius 2 is 1.31 bits per heavy atom. The van der Waals surface area contributed by atoms with E-state index in [1.165, 1.54) is 4.90 Å². The normalized spacial score (nSPS) is 10.4. The summed E-state index contributed by atoms with van der Waals surface area (Å²) in [6.45, 7) is 0. The van der Waals surface area contributed by atoms with Crippen molar-refractivity contribution in [2.24, 2.45) is 0 Å². The molecule has 0 heterocycles. The average Bonchev–Trinajstić information content (AvgIpc) is 2.30. The van der Waals surface area contributed by atoms with Gasteiger partial charge < -0.3 is 0 Å². The van der Waals surface area contributed by atoms with Crippen molar-refractivity contribution in [1.82, 2.24) is 0 Å². The van der Waals surface area contributed by atoms with Crippen LogP contribution in [0.2, 0.25) is 10.0 Å². The first-order valence-corrected chi connectivity index (χ1v) is 7.51. The molecule has 0 atom stereocenters. The van der Waals surface area contributed by atoms with Gasteiger partial charge in [-0.2, -0.15) is 0 Å². The maximum absolute atomic E-state index is 6.08. The van der Waals surface area contributed by atoms with Gasteiger partial charge >= 0.3 is 0 Å². The molecule has 0 saturated heterocycles. The van der Waals surface area contributed by atoms with Gasteiger partial charge in [-0.3, -0.25) is 0 Å². The molecule has 0 aromatic heterocycles. The van der Waals surface area contributed by atoms with Crippen LogP contribution in [-0.4, -0.2) is 0 Å². The molecule has 0 unspecified atom stereocenters. The predicted molar refractivity (Wildman–Crippen MR) is 74.6 cm³/mol. The van der Waals surface area contributed by atoms with E-state index in [-0.39, 0.29) is 0 Å². The third-order valence-corrected chi connectivity index (χ3v) is 5.22. The maximum atomic E-state index is 6.08. The van der Waals surface area contributed by atoms with E-state index in [1.807, 2.05) is 36.4 Å². The van der Waals surface area contributed by atoms with Crippen molar-refractivity contribution in [3.8, 4) is 0 Å². The van der Waals surface area contributed by atoms with Crippen LogP contribution in [0.5, 0.6) is 0 Å². The highest BCUT2D eigenvalue weighted by Gasteiger charge is 2.06. The molecule has 82 valence electrons. The van der Waals surface area contributed by atoms with Crippen molar-refractivity contribution in [2.75, 3.05) is 0 Å². The Balaban J connectivity index is 2.11. The second kappa shape index (κ2) is 5.87. The van der Waals surface area contributed by atoms with Gasteiger partial charge in [-0.1, -0.05) is 58.3 Å². The highest BCUT2D eigenvalue weighted by molar-refractivity contribution is 8.76. The minimum atomic E-state index is 0.695. The quantitative estimate of drug-likeness (QED) is 0.655. The van der Waals surface area contributed by atoms with Crippen LogP contribution in [0.15, 0.2) is 58.3 Å². The molecule has 0 N–H and O–H groups in total. The molecular weight excluding hydrogens is 279 g/mol. The van der Waals surface area contributed by atoms with E-state index in [1.54, 1.807) is 21.6 Å². The van der Waals surface area contributed by atoms with Crippen molar-refractivity contribution in [1.29, 1.82) is 0 Å². The Hall–Kier alpha value is -0.280. The third kappa shape index (κ3) is 3.11. The Kier molecular flexibility index (Phi) is 4.47. The van der Waals surface area contributed by atoms with E-state index in [9.17, 15) is 0 Å². The number of rotatable bonds is 3. The van der Waals surface area contributed by atoms with Crippen LogP contribution in [0.4, 0.5) is 0 Å². The second-order valence-corrected chi connectivity index (χ2v) is 6.06. The summed E-state index contributed by atoms with van der Waals surface area (Å²) in [4.78, 5) is 2.10. The summed E-state index contributed by atoms with van der Waals surface area (Å²) in [7, 11) is 3.23. The van der Waals surface area contributed by atoms with Crippen molar-refractivity contribution in [2.45, 2.75) is 9.79 Å².